The molecule has 9 heteroatoms. The average Bonchev–Trinajstić information content (AvgIpc) is 2.54. The first-order valence-corrected chi connectivity index (χ1v) is 8.68. The maximum atomic E-state index is 12.6. The summed E-state index contributed by atoms with van der Waals surface area (Å²) in [6.45, 7) is 8.47. The van der Waals surface area contributed by atoms with Gasteiger partial charge >= 0.3 is 11.7 Å². The summed E-state index contributed by atoms with van der Waals surface area (Å²) >= 11 is 0. The predicted molar refractivity (Wildman–Crippen MR) is 102 cm³/mol. The second-order valence-corrected chi connectivity index (χ2v) is 7.65. The molecule has 28 heavy (non-hydrogen) atoms. The molecule has 0 saturated heterocycles. The summed E-state index contributed by atoms with van der Waals surface area (Å²) < 4.78 is 10.2. The topological polar surface area (TPSA) is 138 Å². The van der Waals surface area contributed by atoms with Crippen molar-refractivity contribution in [2.45, 2.75) is 46.3 Å². The number of ether oxygens (including phenoxy) is 1. The number of phenolic OH excluding ortho intramolecular Hbond substituents is 1. The summed E-state index contributed by atoms with van der Waals surface area (Å²) in [6, 6.07) is 2.79. The monoisotopic (exact) mass is 392 g/mol. The van der Waals surface area contributed by atoms with Crippen molar-refractivity contribution in [1.82, 2.24) is 5.32 Å². The lowest BCUT2D eigenvalue weighted by molar-refractivity contribution is -0.119. The van der Waals surface area contributed by atoms with Crippen molar-refractivity contribution in [1.29, 1.82) is 0 Å². The maximum Gasteiger partial charge on any atom is 0.408 e. The van der Waals surface area contributed by atoms with Crippen LogP contribution in [0, 0.1) is 5.92 Å². The second kappa shape index (κ2) is 7.79. The van der Waals surface area contributed by atoms with E-state index in [1.807, 2.05) is 0 Å². The fourth-order valence-corrected chi connectivity index (χ4v) is 2.45. The Balaban J connectivity index is 2.29. The molecule has 9 nitrogen and oxygen atoms in total. The van der Waals surface area contributed by atoms with Gasteiger partial charge in [0.2, 0.25) is 5.91 Å². The molecule has 152 valence electrons. The van der Waals surface area contributed by atoms with Crippen LogP contribution in [0.2, 0.25) is 0 Å². The van der Waals surface area contributed by atoms with Crippen LogP contribution in [0.4, 0.5) is 10.5 Å². The van der Waals surface area contributed by atoms with Crippen LogP contribution in [0.1, 0.15) is 34.6 Å². The number of fused-ring (bicyclic) bond motifs is 1. The molecule has 1 aromatic carbocycles. The molecule has 1 atom stereocenters. The van der Waals surface area contributed by atoms with Gasteiger partial charge in [0.05, 0.1) is 5.39 Å². The summed E-state index contributed by atoms with van der Waals surface area (Å²) in [5, 5.41) is 24.7. The van der Waals surface area contributed by atoms with Gasteiger partial charge in [-0.1, -0.05) is 13.8 Å². The Morgan fingerprint density at radius 1 is 1.18 bits per heavy atom. The highest BCUT2D eigenvalue weighted by atomic mass is 16.6. The zero-order chi connectivity index (χ0) is 21.2. The number of amides is 2. The van der Waals surface area contributed by atoms with E-state index in [1.54, 1.807) is 34.6 Å². The van der Waals surface area contributed by atoms with Gasteiger partial charge in [0.25, 0.3) is 0 Å². The number of rotatable bonds is 4. The minimum atomic E-state index is -1.02. The summed E-state index contributed by atoms with van der Waals surface area (Å²) in [6.07, 6.45) is -0.786. The molecule has 0 radical (unpaired) electrons. The van der Waals surface area contributed by atoms with Crippen LogP contribution in [-0.4, -0.2) is 33.9 Å². The van der Waals surface area contributed by atoms with Gasteiger partial charge in [0.15, 0.2) is 11.4 Å². The number of nitrogens with one attached hydrogen (secondary N) is 2. The van der Waals surface area contributed by atoms with Crippen molar-refractivity contribution in [2.75, 3.05) is 5.32 Å². The van der Waals surface area contributed by atoms with E-state index in [0.29, 0.717) is 0 Å². The van der Waals surface area contributed by atoms with E-state index < -0.39 is 40.7 Å². The summed E-state index contributed by atoms with van der Waals surface area (Å²) in [7, 11) is 0. The zero-order valence-corrected chi connectivity index (χ0v) is 16.3. The number of hydrogen-bond donors (Lipinski definition) is 4. The highest BCUT2D eigenvalue weighted by Gasteiger charge is 2.28. The molecule has 0 spiro atoms. The quantitative estimate of drug-likeness (QED) is 0.587. The Kier molecular flexibility index (Phi) is 5.86. The van der Waals surface area contributed by atoms with Gasteiger partial charge in [0.1, 0.15) is 23.0 Å². The Morgan fingerprint density at radius 2 is 1.82 bits per heavy atom. The molecule has 0 unspecified atom stereocenters. The minimum Gasteiger partial charge on any atom is -0.508 e. The lowest BCUT2D eigenvalue weighted by Gasteiger charge is -2.25. The third kappa shape index (κ3) is 4.93. The molecule has 0 saturated carbocycles. The van der Waals surface area contributed by atoms with Crippen LogP contribution in [-0.2, 0) is 9.53 Å². The van der Waals surface area contributed by atoms with Gasteiger partial charge in [-0.25, -0.2) is 9.59 Å². The van der Waals surface area contributed by atoms with Gasteiger partial charge in [-0.15, -0.1) is 0 Å². The third-order valence-electron chi connectivity index (χ3n) is 3.73. The molecule has 4 N–H and O–H groups in total. The Morgan fingerprint density at radius 3 is 2.39 bits per heavy atom. The smallest absolute Gasteiger partial charge is 0.408 e. The fourth-order valence-electron chi connectivity index (χ4n) is 2.45. The van der Waals surface area contributed by atoms with Gasteiger partial charge < -0.3 is 30.0 Å². The van der Waals surface area contributed by atoms with E-state index in [-0.39, 0.29) is 22.6 Å². The van der Waals surface area contributed by atoms with Crippen molar-refractivity contribution in [3.05, 3.63) is 28.6 Å². The van der Waals surface area contributed by atoms with Crippen LogP contribution in [0.25, 0.3) is 11.0 Å². The molecule has 0 bridgehead atoms. The number of phenols is 1. The standard InChI is InChI=1S/C19H24N2O7/c1-9(2)13(21-18(26)28-19(3,4)5)16(24)20-14-15(23)11-7-6-10(22)8-12(11)27-17(14)25/h6-9,13,22-23H,1-5H3,(H,20,24)(H,21,26)/t13-/m0/s1. The van der Waals surface area contributed by atoms with E-state index in [4.69, 9.17) is 9.15 Å². The maximum absolute atomic E-state index is 12.6. The predicted octanol–water partition coefficient (Wildman–Crippen LogP) is 2.69. The molecule has 2 amide bonds. The van der Waals surface area contributed by atoms with Crippen molar-refractivity contribution < 1.29 is 29.0 Å². The molecule has 0 fully saturated rings. The molecular weight excluding hydrogens is 368 g/mol. The van der Waals surface area contributed by atoms with Crippen LogP contribution >= 0.6 is 0 Å². The van der Waals surface area contributed by atoms with Crippen molar-refractivity contribution >= 4 is 28.7 Å². The molecule has 1 heterocycles. The van der Waals surface area contributed by atoms with E-state index in [0.717, 1.165) is 0 Å². The summed E-state index contributed by atoms with van der Waals surface area (Å²) in [4.78, 5) is 36.8. The van der Waals surface area contributed by atoms with E-state index in [2.05, 4.69) is 10.6 Å². The van der Waals surface area contributed by atoms with Gasteiger partial charge in [-0.2, -0.15) is 0 Å². The molecule has 0 aliphatic heterocycles. The highest BCUT2D eigenvalue weighted by molar-refractivity contribution is 6.00. The minimum absolute atomic E-state index is 0.0345. The summed E-state index contributed by atoms with van der Waals surface area (Å²) in [5.41, 5.74) is -2.23. The van der Waals surface area contributed by atoms with Crippen LogP contribution < -0.4 is 16.3 Å². The second-order valence-electron chi connectivity index (χ2n) is 7.65. The third-order valence-corrected chi connectivity index (χ3v) is 3.73. The van der Waals surface area contributed by atoms with Crippen molar-refractivity contribution in [3.63, 3.8) is 0 Å². The number of carbonyl (C=O) groups is 2. The first-order chi connectivity index (χ1) is 12.9. The first-order valence-electron chi connectivity index (χ1n) is 8.68. The Labute approximate surface area is 161 Å². The molecule has 1 aromatic heterocycles. The largest absolute Gasteiger partial charge is 0.508 e. The van der Waals surface area contributed by atoms with Crippen molar-refractivity contribution in [3.8, 4) is 11.5 Å². The number of hydrogen-bond acceptors (Lipinski definition) is 7. The lowest BCUT2D eigenvalue weighted by Crippen LogP contribution is -2.49. The van der Waals surface area contributed by atoms with E-state index in [1.165, 1.54) is 18.2 Å². The van der Waals surface area contributed by atoms with Gasteiger partial charge in [0, 0.05) is 6.07 Å². The molecule has 2 rings (SSSR count). The Bertz CT molecular complexity index is 957. The molecular formula is C19H24N2O7. The average molecular weight is 392 g/mol. The van der Waals surface area contributed by atoms with Crippen LogP contribution in [0.3, 0.4) is 0 Å². The van der Waals surface area contributed by atoms with Gasteiger partial charge in [-0.3, -0.25) is 4.79 Å². The summed E-state index contributed by atoms with van der Waals surface area (Å²) in [5.74, 6) is -1.70. The fraction of sp³-hybridized carbons (Fsp3) is 0.421. The number of alkyl carbamates (subject to hydrolysis) is 1. The number of anilines is 1. The van der Waals surface area contributed by atoms with E-state index in [9.17, 15) is 24.6 Å². The van der Waals surface area contributed by atoms with E-state index >= 15 is 0 Å². The SMILES string of the molecule is CC(C)[C@H](NC(=O)OC(C)(C)C)C(=O)Nc1c(O)c2ccc(O)cc2oc1=O. The first kappa shape index (κ1) is 21.1. The number of benzene rings is 1. The molecule has 0 aliphatic rings. The highest BCUT2D eigenvalue weighted by Crippen LogP contribution is 2.31. The Hall–Kier alpha value is -3.23. The molecule has 2 aromatic rings. The van der Waals surface area contributed by atoms with Gasteiger partial charge in [-0.05, 0) is 38.8 Å². The van der Waals surface area contributed by atoms with Crippen molar-refractivity contribution in [2.24, 2.45) is 5.92 Å². The number of carbonyl (C=O) groups excluding carboxylic acids is 2. The zero-order valence-electron chi connectivity index (χ0n) is 16.3. The number of aromatic hydroxyl groups is 2. The van der Waals surface area contributed by atoms with Crippen LogP contribution in [0.5, 0.6) is 11.5 Å². The molecule has 0 aliphatic carbocycles. The lowest BCUT2D eigenvalue weighted by atomic mass is 10.0. The normalized spacial score (nSPS) is 12.6. The van der Waals surface area contributed by atoms with Crippen LogP contribution in [0.15, 0.2) is 27.4 Å².